The van der Waals surface area contributed by atoms with Gasteiger partial charge in [-0.2, -0.15) is 13.2 Å². The van der Waals surface area contributed by atoms with Gasteiger partial charge in [0.15, 0.2) is 6.10 Å². The molecule has 0 saturated carbocycles. The fourth-order valence-corrected chi connectivity index (χ4v) is 1.32. The number of nitrogens with one attached hydrogen (secondary N) is 1. The molecule has 0 aromatic carbocycles. The van der Waals surface area contributed by atoms with Gasteiger partial charge in [-0.25, -0.2) is 0 Å². The summed E-state index contributed by atoms with van der Waals surface area (Å²) in [6.45, 7) is 3.59. The Morgan fingerprint density at radius 1 is 1.61 bits per heavy atom. The average Bonchev–Trinajstić information content (AvgIpc) is 2.72. The second-order valence-corrected chi connectivity index (χ2v) is 3.65. The van der Waals surface area contributed by atoms with E-state index in [1.807, 2.05) is 0 Å². The summed E-state index contributed by atoms with van der Waals surface area (Å²) >= 11 is 0. The van der Waals surface area contributed by atoms with E-state index >= 15 is 0 Å². The molecule has 0 saturated heterocycles. The number of carbonyl (C=O) groups excluding carboxylic acids is 1. The molecule has 0 aliphatic rings. The van der Waals surface area contributed by atoms with Crippen LogP contribution < -0.4 is 5.32 Å². The molecule has 1 amide bonds. The van der Waals surface area contributed by atoms with Gasteiger partial charge in [0.05, 0.1) is 0 Å². The summed E-state index contributed by atoms with van der Waals surface area (Å²) in [5.41, 5.74) is -0.293. The van der Waals surface area contributed by atoms with E-state index in [0.29, 0.717) is 0 Å². The zero-order chi connectivity index (χ0) is 13.8. The van der Waals surface area contributed by atoms with Gasteiger partial charge in [0.2, 0.25) is 5.91 Å². The van der Waals surface area contributed by atoms with Crippen molar-refractivity contribution in [1.82, 2.24) is 9.88 Å². The molecule has 0 aliphatic heterocycles. The normalized spacial score (nSPS) is 13.1. The summed E-state index contributed by atoms with van der Waals surface area (Å²) in [6.07, 6.45) is -3.36. The third-order valence-electron chi connectivity index (χ3n) is 2.17. The molecule has 4 nitrogen and oxygen atoms in total. The molecular weight excluding hydrogens is 249 g/mol. The van der Waals surface area contributed by atoms with Crippen LogP contribution >= 0.6 is 0 Å². The maximum atomic E-state index is 12.2. The number of aromatic nitrogens is 1. The van der Waals surface area contributed by atoms with Crippen LogP contribution in [0.15, 0.2) is 31.1 Å². The smallest absolute Gasteiger partial charge is 0.379 e. The quantitative estimate of drug-likeness (QED) is 0.788. The average molecular weight is 262 g/mol. The van der Waals surface area contributed by atoms with Crippen LogP contribution in [-0.2, 0) is 11.3 Å². The van der Waals surface area contributed by atoms with Crippen molar-refractivity contribution in [1.29, 1.82) is 0 Å². The molecule has 7 heteroatoms. The summed E-state index contributed by atoms with van der Waals surface area (Å²) < 4.78 is 37.9. The van der Waals surface area contributed by atoms with Gasteiger partial charge in [-0.05, 0) is 6.07 Å². The molecule has 1 rings (SSSR count). The lowest BCUT2D eigenvalue weighted by molar-refractivity contribution is -0.206. The van der Waals surface area contributed by atoms with E-state index in [9.17, 15) is 18.0 Å². The number of nitrogens with zero attached hydrogens (tertiary/aromatic N) is 1. The first-order valence-corrected chi connectivity index (χ1v) is 5.12. The zero-order valence-electron chi connectivity index (χ0n) is 9.44. The molecule has 1 aromatic rings. The Balaban J connectivity index is 2.64. The van der Waals surface area contributed by atoms with Crippen molar-refractivity contribution in [2.24, 2.45) is 0 Å². The van der Waals surface area contributed by atoms with Crippen LogP contribution in [0.25, 0.3) is 0 Å². The molecule has 1 heterocycles. The van der Waals surface area contributed by atoms with Gasteiger partial charge in [0.25, 0.3) is 0 Å². The van der Waals surface area contributed by atoms with Crippen molar-refractivity contribution < 1.29 is 23.1 Å². The fraction of sp³-hybridized carbons (Fsp3) is 0.364. The van der Waals surface area contributed by atoms with Gasteiger partial charge < -0.3 is 15.0 Å². The van der Waals surface area contributed by atoms with E-state index < -0.39 is 12.3 Å². The second-order valence-electron chi connectivity index (χ2n) is 3.65. The second kappa shape index (κ2) is 5.72. The standard InChI is InChI=1S/C11H13F3N2O2/c1-2-4-15-9(17)7-16-5-3-8(6-16)10(18)11(12,13)14/h2-3,5-6,10,18H,1,4,7H2,(H,15,17). The molecule has 0 aliphatic carbocycles. The van der Waals surface area contributed by atoms with Crippen LogP contribution in [-0.4, -0.2) is 28.3 Å². The van der Waals surface area contributed by atoms with Crippen molar-refractivity contribution in [3.8, 4) is 0 Å². The zero-order valence-corrected chi connectivity index (χ0v) is 9.44. The Morgan fingerprint density at radius 3 is 2.83 bits per heavy atom. The Hall–Kier alpha value is -1.76. The highest BCUT2D eigenvalue weighted by molar-refractivity contribution is 5.75. The summed E-state index contributed by atoms with van der Waals surface area (Å²) in [7, 11) is 0. The van der Waals surface area contributed by atoms with Crippen molar-refractivity contribution in [3.05, 3.63) is 36.7 Å². The molecule has 1 atom stereocenters. The first-order chi connectivity index (χ1) is 8.34. The number of aliphatic hydroxyl groups is 1. The van der Waals surface area contributed by atoms with Crippen LogP contribution in [0.5, 0.6) is 0 Å². The monoisotopic (exact) mass is 262 g/mol. The van der Waals surface area contributed by atoms with E-state index in [-0.39, 0.29) is 24.6 Å². The molecule has 0 radical (unpaired) electrons. The molecule has 0 bridgehead atoms. The van der Waals surface area contributed by atoms with Gasteiger partial charge in [0.1, 0.15) is 6.54 Å². The van der Waals surface area contributed by atoms with Gasteiger partial charge in [-0.1, -0.05) is 6.08 Å². The largest absolute Gasteiger partial charge is 0.418 e. The number of amides is 1. The van der Waals surface area contributed by atoms with Gasteiger partial charge >= 0.3 is 6.18 Å². The van der Waals surface area contributed by atoms with E-state index in [1.165, 1.54) is 16.8 Å². The lowest BCUT2D eigenvalue weighted by Gasteiger charge is -2.12. The summed E-state index contributed by atoms with van der Waals surface area (Å²) in [4.78, 5) is 11.3. The number of hydrogen-bond acceptors (Lipinski definition) is 2. The predicted octanol–water partition coefficient (Wildman–Crippen LogP) is 1.39. The van der Waals surface area contributed by atoms with Crippen molar-refractivity contribution in [2.75, 3.05) is 6.54 Å². The Kier molecular flexibility index (Phi) is 4.55. The van der Waals surface area contributed by atoms with Crippen LogP contribution in [0.2, 0.25) is 0 Å². The third kappa shape index (κ3) is 3.92. The van der Waals surface area contributed by atoms with Crippen LogP contribution in [0, 0.1) is 0 Å². The number of aliphatic hydroxyl groups excluding tert-OH is 1. The van der Waals surface area contributed by atoms with Crippen LogP contribution in [0.1, 0.15) is 11.7 Å². The lowest BCUT2D eigenvalue weighted by Crippen LogP contribution is -2.27. The SMILES string of the molecule is C=CCNC(=O)Cn1ccc(C(O)C(F)(F)F)c1. The molecule has 2 N–H and O–H groups in total. The first-order valence-electron chi connectivity index (χ1n) is 5.12. The van der Waals surface area contributed by atoms with E-state index in [0.717, 1.165) is 12.3 Å². The molecule has 18 heavy (non-hydrogen) atoms. The van der Waals surface area contributed by atoms with Gasteiger partial charge in [-0.3, -0.25) is 4.79 Å². The minimum absolute atomic E-state index is 0.113. The molecule has 0 spiro atoms. The summed E-state index contributed by atoms with van der Waals surface area (Å²) in [6, 6.07) is 1.12. The maximum absolute atomic E-state index is 12.2. The fourth-order valence-electron chi connectivity index (χ4n) is 1.32. The summed E-state index contributed by atoms with van der Waals surface area (Å²) in [5, 5.41) is 11.5. The van der Waals surface area contributed by atoms with Crippen molar-refractivity contribution in [2.45, 2.75) is 18.8 Å². The van der Waals surface area contributed by atoms with Crippen LogP contribution in [0.4, 0.5) is 13.2 Å². The number of hydrogen-bond donors (Lipinski definition) is 2. The molecular formula is C11H13F3N2O2. The van der Waals surface area contributed by atoms with Crippen LogP contribution in [0.3, 0.4) is 0 Å². The van der Waals surface area contributed by atoms with Crippen molar-refractivity contribution in [3.63, 3.8) is 0 Å². The Bertz CT molecular complexity index is 426. The predicted molar refractivity (Wildman–Crippen MR) is 58.7 cm³/mol. The maximum Gasteiger partial charge on any atom is 0.418 e. The molecule has 1 aromatic heterocycles. The first kappa shape index (κ1) is 14.3. The highest BCUT2D eigenvalue weighted by Gasteiger charge is 2.39. The highest BCUT2D eigenvalue weighted by Crippen LogP contribution is 2.32. The van der Waals surface area contributed by atoms with E-state index in [1.54, 1.807) is 0 Å². The third-order valence-corrected chi connectivity index (χ3v) is 2.17. The van der Waals surface area contributed by atoms with E-state index in [2.05, 4.69) is 11.9 Å². The number of halogens is 3. The number of rotatable bonds is 5. The minimum Gasteiger partial charge on any atom is -0.379 e. The molecule has 1 unspecified atom stereocenters. The lowest BCUT2D eigenvalue weighted by atomic mass is 10.2. The summed E-state index contributed by atoms with van der Waals surface area (Å²) in [5.74, 6) is -0.349. The van der Waals surface area contributed by atoms with Gasteiger partial charge in [-0.15, -0.1) is 6.58 Å². The number of alkyl halides is 3. The number of carbonyl (C=O) groups is 1. The topological polar surface area (TPSA) is 54.3 Å². The van der Waals surface area contributed by atoms with Gasteiger partial charge in [0, 0.05) is 24.5 Å². The minimum atomic E-state index is -4.71. The Labute approximate surface area is 102 Å². The Morgan fingerprint density at radius 2 is 2.28 bits per heavy atom. The van der Waals surface area contributed by atoms with Crippen molar-refractivity contribution >= 4 is 5.91 Å². The molecule has 0 fully saturated rings. The molecule has 100 valence electrons. The van der Waals surface area contributed by atoms with E-state index in [4.69, 9.17) is 5.11 Å². The highest BCUT2D eigenvalue weighted by atomic mass is 19.4.